The van der Waals surface area contributed by atoms with Crippen molar-refractivity contribution < 1.29 is 19.1 Å². The van der Waals surface area contributed by atoms with Gasteiger partial charge in [0.2, 0.25) is 5.89 Å². The maximum absolute atomic E-state index is 10.8. The molecule has 0 saturated heterocycles. The smallest absolute Gasteiger partial charge is 0.307 e. The quantitative estimate of drug-likeness (QED) is 0.491. The van der Waals surface area contributed by atoms with Crippen molar-refractivity contribution in [3.8, 4) is 23.0 Å². The molecule has 0 atom stereocenters. The van der Waals surface area contributed by atoms with Gasteiger partial charge in [-0.2, -0.15) is 0 Å². The van der Waals surface area contributed by atoms with Crippen LogP contribution < -0.4 is 4.74 Å². The number of fused-ring (bicyclic) bond motifs is 1. The number of hydrogen-bond donors (Lipinski definition) is 1. The molecule has 4 rings (SSSR count). The van der Waals surface area contributed by atoms with Crippen LogP contribution in [-0.4, -0.2) is 16.1 Å². The number of nitrogens with zero attached hydrogens (tertiary/aromatic N) is 1. The van der Waals surface area contributed by atoms with Crippen LogP contribution in [-0.2, 0) is 11.2 Å². The number of ether oxygens (including phenoxy) is 1. The number of benzene rings is 3. The summed E-state index contributed by atoms with van der Waals surface area (Å²) >= 11 is 5.88. The average molecular weight is 380 g/mol. The minimum atomic E-state index is -0.863. The third kappa shape index (κ3) is 3.93. The summed E-state index contributed by atoms with van der Waals surface area (Å²) in [4.78, 5) is 15.2. The van der Waals surface area contributed by atoms with E-state index in [1.165, 1.54) is 0 Å². The molecule has 0 saturated carbocycles. The molecular formula is C21H14ClNO4. The van der Waals surface area contributed by atoms with E-state index in [4.69, 9.17) is 25.9 Å². The lowest BCUT2D eigenvalue weighted by Gasteiger charge is -2.04. The molecule has 4 aromatic rings. The van der Waals surface area contributed by atoms with E-state index < -0.39 is 5.97 Å². The second-order valence-corrected chi connectivity index (χ2v) is 6.41. The molecule has 0 fully saturated rings. The molecule has 1 heterocycles. The lowest BCUT2D eigenvalue weighted by atomic mass is 10.1. The zero-order valence-corrected chi connectivity index (χ0v) is 14.8. The molecule has 0 amide bonds. The number of carboxylic acid groups (broad SMARTS) is 1. The van der Waals surface area contributed by atoms with Crippen molar-refractivity contribution in [3.63, 3.8) is 0 Å². The fourth-order valence-electron chi connectivity index (χ4n) is 2.67. The van der Waals surface area contributed by atoms with Crippen molar-refractivity contribution in [1.29, 1.82) is 0 Å². The number of halogens is 1. The Hall–Kier alpha value is -3.31. The van der Waals surface area contributed by atoms with Crippen LogP contribution in [0.2, 0.25) is 5.02 Å². The third-order valence-corrected chi connectivity index (χ3v) is 4.22. The van der Waals surface area contributed by atoms with E-state index in [-0.39, 0.29) is 6.42 Å². The molecule has 1 N–H and O–H groups in total. The van der Waals surface area contributed by atoms with Crippen molar-refractivity contribution >= 4 is 28.7 Å². The maximum Gasteiger partial charge on any atom is 0.307 e. The van der Waals surface area contributed by atoms with Gasteiger partial charge in [-0.3, -0.25) is 4.79 Å². The molecular weight excluding hydrogens is 366 g/mol. The molecule has 0 radical (unpaired) electrons. The largest absolute Gasteiger partial charge is 0.481 e. The minimum absolute atomic E-state index is 0.0146. The first-order chi connectivity index (χ1) is 13.1. The number of rotatable bonds is 5. The van der Waals surface area contributed by atoms with E-state index >= 15 is 0 Å². The summed E-state index contributed by atoms with van der Waals surface area (Å²) in [7, 11) is 0. The normalized spacial score (nSPS) is 10.9. The predicted molar refractivity (Wildman–Crippen MR) is 102 cm³/mol. The predicted octanol–water partition coefficient (Wildman–Crippen LogP) is 5.57. The Morgan fingerprint density at radius 3 is 2.41 bits per heavy atom. The fourth-order valence-corrected chi connectivity index (χ4v) is 2.80. The van der Waals surface area contributed by atoms with Crippen molar-refractivity contribution in [2.45, 2.75) is 6.42 Å². The van der Waals surface area contributed by atoms with Gasteiger partial charge in [-0.1, -0.05) is 23.7 Å². The van der Waals surface area contributed by atoms with E-state index in [1.807, 2.05) is 12.1 Å². The molecule has 0 aliphatic heterocycles. The monoisotopic (exact) mass is 379 g/mol. The number of oxazole rings is 1. The standard InChI is InChI=1S/C21H14ClNO4/c22-15-5-7-16(8-6-15)26-17-9-10-18-19(12-17)27-21(23-18)14-3-1-13(2-4-14)11-20(24)25/h1-10,12H,11H2,(H,24,25). The molecule has 134 valence electrons. The summed E-state index contributed by atoms with van der Waals surface area (Å²) < 4.78 is 11.7. The molecule has 1 aromatic heterocycles. The lowest BCUT2D eigenvalue weighted by molar-refractivity contribution is -0.136. The van der Waals surface area contributed by atoms with Crippen LogP contribution in [0.4, 0.5) is 0 Å². The lowest BCUT2D eigenvalue weighted by Crippen LogP contribution is -1.99. The summed E-state index contributed by atoms with van der Waals surface area (Å²) in [6, 6.07) is 19.6. The molecule has 0 spiro atoms. The zero-order valence-electron chi connectivity index (χ0n) is 14.1. The third-order valence-electron chi connectivity index (χ3n) is 3.97. The van der Waals surface area contributed by atoms with Crippen LogP contribution in [0.1, 0.15) is 5.56 Å². The van der Waals surface area contributed by atoms with E-state index in [0.29, 0.717) is 33.5 Å². The van der Waals surface area contributed by atoms with Gasteiger partial charge in [-0.15, -0.1) is 0 Å². The summed E-state index contributed by atoms with van der Waals surface area (Å²) in [6.45, 7) is 0. The van der Waals surface area contributed by atoms with Gasteiger partial charge < -0.3 is 14.3 Å². The van der Waals surface area contributed by atoms with Crippen molar-refractivity contribution in [2.24, 2.45) is 0 Å². The second-order valence-electron chi connectivity index (χ2n) is 5.97. The zero-order chi connectivity index (χ0) is 18.8. The summed E-state index contributed by atoms with van der Waals surface area (Å²) in [6.07, 6.45) is -0.0146. The highest BCUT2D eigenvalue weighted by Crippen LogP contribution is 2.30. The van der Waals surface area contributed by atoms with Gasteiger partial charge in [0.25, 0.3) is 0 Å². The van der Waals surface area contributed by atoms with Crippen LogP contribution in [0.15, 0.2) is 71.1 Å². The number of aliphatic carboxylic acids is 1. The van der Waals surface area contributed by atoms with E-state index in [1.54, 1.807) is 54.6 Å². The summed E-state index contributed by atoms with van der Waals surface area (Å²) in [5.74, 6) is 0.908. The minimum Gasteiger partial charge on any atom is -0.481 e. The number of carboxylic acids is 1. The molecule has 27 heavy (non-hydrogen) atoms. The molecule has 0 aliphatic carbocycles. The van der Waals surface area contributed by atoms with Gasteiger partial charge in [0.1, 0.15) is 17.0 Å². The van der Waals surface area contributed by atoms with Crippen LogP contribution in [0.3, 0.4) is 0 Å². The Bertz CT molecular complexity index is 1100. The molecule has 0 aliphatic rings. The first kappa shape index (κ1) is 17.1. The SMILES string of the molecule is O=C(O)Cc1ccc(-c2nc3ccc(Oc4ccc(Cl)cc4)cc3o2)cc1. The summed E-state index contributed by atoms with van der Waals surface area (Å²) in [5, 5.41) is 9.49. The first-order valence-corrected chi connectivity index (χ1v) is 8.60. The van der Waals surface area contributed by atoms with Crippen molar-refractivity contribution in [3.05, 3.63) is 77.3 Å². The fraction of sp³-hybridized carbons (Fsp3) is 0.0476. The molecule has 6 heteroatoms. The topological polar surface area (TPSA) is 72.6 Å². The van der Waals surface area contributed by atoms with Gasteiger partial charge >= 0.3 is 5.97 Å². The average Bonchev–Trinajstić information content (AvgIpc) is 3.07. The highest BCUT2D eigenvalue weighted by molar-refractivity contribution is 6.30. The van der Waals surface area contributed by atoms with Gasteiger partial charge in [-0.25, -0.2) is 4.98 Å². The number of aromatic nitrogens is 1. The Labute approximate surface area is 159 Å². The molecule has 0 unspecified atom stereocenters. The second kappa shape index (κ2) is 7.13. The highest BCUT2D eigenvalue weighted by Gasteiger charge is 2.10. The number of carbonyl (C=O) groups is 1. The first-order valence-electron chi connectivity index (χ1n) is 8.22. The van der Waals surface area contributed by atoms with E-state index in [2.05, 4.69) is 4.98 Å². The van der Waals surface area contributed by atoms with Gasteiger partial charge in [0.15, 0.2) is 5.58 Å². The van der Waals surface area contributed by atoms with Crippen LogP contribution in [0, 0.1) is 0 Å². The van der Waals surface area contributed by atoms with Crippen molar-refractivity contribution in [1.82, 2.24) is 4.98 Å². The Morgan fingerprint density at radius 2 is 1.70 bits per heavy atom. The van der Waals surface area contributed by atoms with Crippen molar-refractivity contribution in [2.75, 3.05) is 0 Å². The maximum atomic E-state index is 10.8. The molecule has 0 bridgehead atoms. The Kier molecular flexibility index (Phi) is 4.52. The van der Waals surface area contributed by atoms with Crippen LogP contribution in [0.5, 0.6) is 11.5 Å². The molecule has 5 nitrogen and oxygen atoms in total. The molecule has 3 aromatic carbocycles. The van der Waals surface area contributed by atoms with Gasteiger partial charge in [-0.05, 0) is 54.1 Å². The van der Waals surface area contributed by atoms with Gasteiger partial charge in [0, 0.05) is 16.7 Å². The number of hydrogen-bond acceptors (Lipinski definition) is 4. The Morgan fingerprint density at radius 1 is 1.00 bits per heavy atom. The highest BCUT2D eigenvalue weighted by atomic mass is 35.5. The van der Waals surface area contributed by atoms with Crippen LogP contribution in [0.25, 0.3) is 22.6 Å². The Balaban J connectivity index is 1.58. The van der Waals surface area contributed by atoms with Gasteiger partial charge in [0.05, 0.1) is 6.42 Å². The van der Waals surface area contributed by atoms with E-state index in [9.17, 15) is 4.79 Å². The van der Waals surface area contributed by atoms with Crippen LogP contribution >= 0.6 is 11.6 Å². The van der Waals surface area contributed by atoms with E-state index in [0.717, 1.165) is 11.1 Å². The summed E-state index contributed by atoms with van der Waals surface area (Å²) in [5.41, 5.74) is 2.82.